The molecule has 0 bridgehead atoms. The zero-order valence-corrected chi connectivity index (χ0v) is 21.0. The number of pyridine rings is 1. The predicted molar refractivity (Wildman–Crippen MR) is 143 cm³/mol. The van der Waals surface area contributed by atoms with Crippen molar-refractivity contribution >= 4 is 23.2 Å². The summed E-state index contributed by atoms with van der Waals surface area (Å²) in [6.45, 7) is 3.15. The summed E-state index contributed by atoms with van der Waals surface area (Å²) in [5.41, 5.74) is 10.8. The van der Waals surface area contributed by atoms with Gasteiger partial charge in [0.25, 0.3) is 5.91 Å². The third-order valence-corrected chi connectivity index (χ3v) is 6.24. The van der Waals surface area contributed by atoms with E-state index >= 15 is 0 Å². The molecular weight excluding hydrogens is 476 g/mol. The minimum Gasteiger partial charge on any atom is -0.493 e. The number of amides is 1. The maximum Gasteiger partial charge on any atom is 0.255 e. The van der Waals surface area contributed by atoms with Crippen LogP contribution < -0.4 is 26.9 Å². The highest BCUT2D eigenvalue weighted by Crippen LogP contribution is 2.24. The van der Waals surface area contributed by atoms with Crippen LogP contribution in [0.15, 0.2) is 65.9 Å². The minimum atomic E-state index is -0.200. The van der Waals surface area contributed by atoms with Crippen molar-refractivity contribution in [2.24, 2.45) is 16.7 Å². The van der Waals surface area contributed by atoms with Crippen LogP contribution in [-0.2, 0) is 6.42 Å². The highest BCUT2D eigenvalue weighted by molar-refractivity contribution is 6.31. The van der Waals surface area contributed by atoms with Crippen LogP contribution in [0, 0.1) is 0 Å². The minimum absolute atomic E-state index is 0.0489. The maximum absolute atomic E-state index is 12.8. The molecule has 36 heavy (non-hydrogen) atoms. The Labute approximate surface area is 216 Å². The van der Waals surface area contributed by atoms with Gasteiger partial charge in [-0.05, 0) is 48.2 Å². The summed E-state index contributed by atoms with van der Waals surface area (Å²) < 4.78 is 5.77. The quantitative estimate of drug-likeness (QED) is 0.103. The van der Waals surface area contributed by atoms with Gasteiger partial charge in [-0.15, -0.1) is 0 Å². The Bertz CT molecular complexity index is 1210. The van der Waals surface area contributed by atoms with Crippen LogP contribution in [0.4, 0.5) is 0 Å². The number of halogens is 1. The summed E-state index contributed by atoms with van der Waals surface area (Å²) in [5.74, 6) is 5.87. The van der Waals surface area contributed by atoms with Gasteiger partial charge >= 0.3 is 0 Å². The van der Waals surface area contributed by atoms with E-state index in [1.54, 1.807) is 24.4 Å². The molecule has 2 heterocycles. The third kappa shape index (κ3) is 6.40. The number of aromatic nitrogens is 1. The highest BCUT2D eigenvalue weighted by Gasteiger charge is 2.38. The fourth-order valence-electron chi connectivity index (χ4n) is 3.83. The van der Waals surface area contributed by atoms with Crippen LogP contribution in [0.3, 0.4) is 0 Å². The van der Waals surface area contributed by atoms with E-state index in [0.29, 0.717) is 47.3 Å². The van der Waals surface area contributed by atoms with Gasteiger partial charge in [-0.3, -0.25) is 15.1 Å². The number of hydrogen-bond acceptors (Lipinski definition) is 7. The van der Waals surface area contributed by atoms with E-state index in [9.17, 15) is 4.79 Å². The van der Waals surface area contributed by atoms with E-state index in [1.807, 2.05) is 36.4 Å². The molecule has 0 saturated carbocycles. The van der Waals surface area contributed by atoms with E-state index in [4.69, 9.17) is 27.9 Å². The molecule has 1 aliphatic rings. The molecule has 6 N–H and O–H groups in total. The fraction of sp³-hybridized carbons (Fsp3) is 0.296. The molecule has 9 heteroatoms. The van der Waals surface area contributed by atoms with Crippen molar-refractivity contribution in [3.05, 3.63) is 82.6 Å². The maximum atomic E-state index is 12.8. The molecule has 2 aromatic carbocycles. The van der Waals surface area contributed by atoms with Gasteiger partial charge in [-0.25, -0.2) is 0 Å². The van der Waals surface area contributed by atoms with Crippen LogP contribution >= 0.6 is 11.6 Å². The van der Waals surface area contributed by atoms with Crippen molar-refractivity contribution in [2.75, 3.05) is 13.2 Å². The highest BCUT2D eigenvalue weighted by atomic mass is 35.5. The van der Waals surface area contributed by atoms with Gasteiger partial charge in [0.15, 0.2) is 0 Å². The molecule has 2 unspecified atom stereocenters. The number of benzene rings is 2. The Balaban J connectivity index is 1.32. The normalized spacial score (nSPS) is 17.0. The monoisotopic (exact) mass is 506 g/mol. The second kappa shape index (κ2) is 12.0. The number of hydrazone groups is 1. The fourth-order valence-corrected chi connectivity index (χ4v) is 4.01. The SMILES string of the molecule is CCCCOc1ccc(Cl)cc1C(=O)NCCc1ccc(-c2ccc(/C(=N/N)C3NC3N)nc2)cc1. The standard InChI is InChI=1S/C27H31ClN6O2/c1-2-3-14-36-23-11-9-20(28)15-21(23)27(35)31-13-12-17-4-6-18(7-5-17)19-8-10-22(32-16-19)24(34-30)25-26(29)33-25/h4-11,15-16,25-26,33H,2-3,12-14,29-30H2,1H3,(H,31,35)/b34-24-. The van der Waals surface area contributed by atoms with Gasteiger partial charge in [0.05, 0.1) is 30.1 Å². The molecule has 1 amide bonds. The third-order valence-electron chi connectivity index (χ3n) is 6.01. The molecule has 0 spiro atoms. The number of carbonyl (C=O) groups excluding carboxylic acids is 1. The zero-order valence-electron chi connectivity index (χ0n) is 20.2. The molecular formula is C27H31ClN6O2. The first-order chi connectivity index (χ1) is 17.5. The molecule has 188 valence electrons. The average molecular weight is 507 g/mol. The zero-order chi connectivity index (χ0) is 25.5. The smallest absolute Gasteiger partial charge is 0.255 e. The van der Waals surface area contributed by atoms with Crippen molar-refractivity contribution in [1.29, 1.82) is 0 Å². The average Bonchev–Trinajstić information content (AvgIpc) is 3.62. The Kier molecular flexibility index (Phi) is 8.53. The van der Waals surface area contributed by atoms with E-state index < -0.39 is 0 Å². The van der Waals surface area contributed by atoms with Crippen LogP contribution in [-0.4, -0.2) is 42.0 Å². The lowest BCUT2D eigenvalue weighted by atomic mass is 10.0. The summed E-state index contributed by atoms with van der Waals surface area (Å²) in [4.78, 5) is 17.3. The number of nitrogens with one attached hydrogen (secondary N) is 2. The first kappa shape index (κ1) is 25.6. The number of unbranched alkanes of at least 4 members (excludes halogenated alkanes) is 1. The Hall–Kier alpha value is -3.46. The van der Waals surface area contributed by atoms with Gasteiger partial charge < -0.3 is 21.6 Å². The number of rotatable bonds is 11. The van der Waals surface area contributed by atoms with Crippen LogP contribution in [0.1, 0.15) is 41.4 Å². The molecule has 2 atom stereocenters. The Morgan fingerprint density at radius 3 is 2.56 bits per heavy atom. The number of nitrogens with two attached hydrogens (primary N) is 2. The molecule has 1 saturated heterocycles. The first-order valence-electron chi connectivity index (χ1n) is 12.1. The van der Waals surface area contributed by atoms with Crippen molar-refractivity contribution in [3.8, 4) is 16.9 Å². The van der Waals surface area contributed by atoms with Gasteiger partial charge in [-0.1, -0.05) is 55.3 Å². The Morgan fingerprint density at radius 2 is 1.92 bits per heavy atom. The second-order valence-corrected chi connectivity index (χ2v) is 9.10. The van der Waals surface area contributed by atoms with Gasteiger partial charge in [-0.2, -0.15) is 5.10 Å². The molecule has 0 aliphatic carbocycles. The van der Waals surface area contributed by atoms with Crippen molar-refractivity contribution in [1.82, 2.24) is 15.6 Å². The Morgan fingerprint density at radius 1 is 1.17 bits per heavy atom. The van der Waals surface area contributed by atoms with Crippen molar-refractivity contribution in [3.63, 3.8) is 0 Å². The van der Waals surface area contributed by atoms with E-state index in [0.717, 1.165) is 29.5 Å². The molecule has 4 rings (SSSR count). The van der Waals surface area contributed by atoms with Crippen LogP contribution in [0.5, 0.6) is 5.75 Å². The van der Waals surface area contributed by atoms with E-state index in [2.05, 4.69) is 27.6 Å². The van der Waals surface area contributed by atoms with Crippen LogP contribution in [0.25, 0.3) is 11.1 Å². The van der Waals surface area contributed by atoms with Gasteiger partial charge in [0.2, 0.25) is 0 Å². The van der Waals surface area contributed by atoms with E-state index in [-0.39, 0.29) is 18.1 Å². The van der Waals surface area contributed by atoms with Crippen LogP contribution in [0.2, 0.25) is 5.02 Å². The first-order valence-corrected chi connectivity index (χ1v) is 12.4. The molecule has 1 fully saturated rings. The summed E-state index contributed by atoms with van der Waals surface area (Å²) in [5, 5.41) is 10.4. The topological polar surface area (TPSA) is 138 Å². The molecule has 3 aromatic rings. The lowest BCUT2D eigenvalue weighted by Gasteiger charge is -2.12. The summed E-state index contributed by atoms with van der Waals surface area (Å²) in [6.07, 6.45) is 4.32. The molecule has 0 radical (unpaired) electrons. The van der Waals surface area contributed by atoms with Gasteiger partial charge in [0.1, 0.15) is 11.5 Å². The molecule has 1 aliphatic heterocycles. The number of nitrogens with zero attached hydrogens (tertiary/aromatic N) is 2. The van der Waals surface area contributed by atoms with Crippen molar-refractivity contribution in [2.45, 2.75) is 38.4 Å². The summed E-state index contributed by atoms with van der Waals surface area (Å²) in [6, 6.07) is 17.1. The van der Waals surface area contributed by atoms with Crippen molar-refractivity contribution < 1.29 is 9.53 Å². The summed E-state index contributed by atoms with van der Waals surface area (Å²) >= 11 is 6.11. The predicted octanol–water partition coefficient (Wildman–Crippen LogP) is 3.47. The van der Waals surface area contributed by atoms with Gasteiger partial charge in [0, 0.05) is 23.3 Å². The summed E-state index contributed by atoms with van der Waals surface area (Å²) in [7, 11) is 0. The lowest BCUT2D eigenvalue weighted by Crippen LogP contribution is -2.26. The number of ether oxygens (including phenoxy) is 1. The number of hydrogen-bond donors (Lipinski definition) is 4. The molecule has 1 aromatic heterocycles. The second-order valence-electron chi connectivity index (χ2n) is 8.66. The largest absolute Gasteiger partial charge is 0.493 e. The number of carbonyl (C=O) groups is 1. The van der Waals surface area contributed by atoms with E-state index in [1.165, 1.54) is 0 Å². The molecule has 8 nitrogen and oxygen atoms in total. The lowest BCUT2D eigenvalue weighted by molar-refractivity contribution is 0.0950.